The normalized spacial score (nSPS) is 13.1. The molecule has 23 heavy (non-hydrogen) atoms. The van der Waals surface area contributed by atoms with Crippen LogP contribution in [-0.4, -0.2) is 28.4 Å². The molecule has 0 bridgehead atoms. The number of rotatable bonds is 6. The smallest absolute Gasteiger partial charge is 0.240 e. The second-order valence-corrected chi connectivity index (χ2v) is 6.92. The predicted octanol–water partition coefficient (Wildman–Crippen LogP) is 2.43. The average Bonchev–Trinajstić information content (AvgIpc) is 3.01. The van der Waals surface area contributed by atoms with Crippen LogP contribution in [0.3, 0.4) is 0 Å². The second-order valence-electron chi connectivity index (χ2n) is 4.72. The average molecular weight is 356 g/mol. The van der Waals surface area contributed by atoms with E-state index in [1.54, 1.807) is 30.3 Å². The maximum absolute atomic E-state index is 12.2. The fraction of sp³-hybridized carbons (Fsp3) is 0.200. The van der Waals surface area contributed by atoms with E-state index >= 15 is 0 Å². The van der Waals surface area contributed by atoms with Crippen LogP contribution in [-0.2, 0) is 10.0 Å². The summed E-state index contributed by atoms with van der Waals surface area (Å²) in [7, 11) is -3.63. The number of hydrogen-bond acceptors (Lipinski definition) is 5. The molecule has 0 fully saturated rings. The van der Waals surface area contributed by atoms with Gasteiger partial charge in [0.1, 0.15) is 12.4 Å². The zero-order chi connectivity index (χ0) is 16.3. The van der Waals surface area contributed by atoms with Crippen molar-refractivity contribution < 1.29 is 22.6 Å². The van der Waals surface area contributed by atoms with E-state index in [4.69, 9.17) is 25.8 Å². The van der Waals surface area contributed by atoms with Crippen molar-refractivity contribution in [2.75, 3.05) is 19.9 Å². The number of ether oxygens (including phenoxy) is 3. The highest BCUT2D eigenvalue weighted by Gasteiger charge is 2.19. The van der Waals surface area contributed by atoms with Gasteiger partial charge < -0.3 is 14.2 Å². The molecule has 0 amide bonds. The maximum atomic E-state index is 12.2. The number of hydrogen-bond donors (Lipinski definition) is 1. The Kier molecular flexibility index (Phi) is 4.61. The highest BCUT2D eigenvalue weighted by Crippen LogP contribution is 2.33. The Balaban J connectivity index is 1.55. The first kappa shape index (κ1) is 15.9. The first-order chi connectivity index (χ1) is 11.0. The van der Waals surface area contributed by atoms with Gasteiger partial charge in [-0.3, -0.25) is 0 Å². The van der Waals surface area contributed by atoms with Crippen molar-refractivity contribution in [3.63, 3.8) is 0 Å². The Labute approximate surface area is 139 Å². The zero-order valence-electron chi connectivity index (χ0n) is 12.0. The molecule has 0 saturated carbocycles. The Morgan fingerprint density at radius 2 is 1.83 bits per heavy atom. The van der Waals surface area contributed by atoms with Crippen molar-refractivity contribution in [3.05, 3.63) is 47.5 Å². The summed E-state index contributed by atoms with van der Waals surface area (Å²) in [5.74, 6) is 1.58. The van der Waals surface area contributed by atoms with Crippen LogP contribution in [0.5, 0.6) is 17.2 Å². The van der Waals surface area contributed by atoms with E-state index < -0.39 is 10.0 Å². The van der Waals surface area contributed by atoms with Gasteiger partial charge in [-0.2, -0.15) is 0 Å². The molecule has 8 heteroatoms. The summed E-state index contributed by atoms with van der Waals surface area (Å²) in [5, 5.41) is 0.612. The van der Waals surface area contributed by atoms with Crippen molar-refractivity contribution >= 4 is 21.6 Å². The SMILES string of the molecule is O=S(=O)(NCCOc1ccc(Cl)cc1)c1ccc2c(c1)OCO2. The van der Waals surface area contributed by atoms with Gasteiger partial charge in [-0.05, 0) is 36.4 Å². The van der Waals surface area contributed by atoms with Crippen LogP contribution in [0.4, 0.5) is 0 Å². The van der Waals surface area contributed by atoms with E-state index in [9.17, 15) is 8.42 Å². The van der Waals surface area contributed by atoms with E-state index in [2.05, 4.69) is 4.72 Å². The molecule has 0 saturated heterocycles. The third-order valence-electron chi connectivity index (χ3n) is 3.13. The number of benzene rings is 2. The van der Waals surface area contributed by atoms with Crippen LogP contribution in [0, 0.1) is 0 Å². The largest absolute Gasteiger partial charge is 0.492 e. The minimum Gasteiger partial charge on any atom is -0.492 e. The van der Waals surface area contributed by atoms with Crippen molar-refractivity contribution in [2.24, 2.45) is 0 Å². The van der Waals surface area contributed by atoms with E-state index in [-0.39, 0.29) is 24.8 Å². The number of nitrogens with one attached hydrogen (secondary N) is 1. The molecule has 1 aliphatic heterocycles. The fourth-order valence-corrected chi connectivity index (χ4v) is 3.16. The lowest BCUT2D eigenvalue weighted by Crippen LogP contribution is -2.28. The molecule has 0 spiro atoms. The van der Waals surface area contributed by atoms with E-state index in [1.807, 2.05) is 0 Å². The monoisotopic (exact) mass is 355 g/mol. The van der Waals surface area contributed by atoms with Crippen LogP contribution in [0.2, 0.25) is 5.02 Å². The maximum Gasteiger partial charge on any atom is 0.240 e. The van der Waals surface area contributed by atoms with Gasteiger partial charge in [-0.1, -0.05) is 11.6 Å². The molecular weight excluding hydrogens is 342 g/mol. The topological polar surface area (TPSA) is 73.9 Å². The van der Waals surface area contributed by atoms with Crippen LogP contribution in [0.1, 0.15) is 0 Å². The Bertz CT molecular complexity index is 792. The van der Waals surface area contributed by atoms with Crippen LogP contribution in [0.25, 0.3) is 0 Å². The summed E-state index contributed by atoms with van der Waals surface area (Å²) in [6.07, 6.45) is 0. The summed E-state index contributed by atoms with van der Waals surface area (Å²) in [5.41, 5.74) is 0. The third kappa shape index (κ3) is 3.87. The van der Waals surface area contributed by atoms with Gasteiger partial charge in [-0.25, -0.2) is 13.1 Å². The third-order valence-corrected chi connectivity index (χ3v) is 4.84. The molecule has 2 aromatic rings. The molecule has 0 aliphatic carbocycles. The molecular formula is C15H14ClNO5S. The van der Waals surface area contributed by atoms with E-state index in [0.29, 0.717) is 22.3 Å². The molecule has 1 heterocycles. The quantitative estimate of drug-likeness (QED) is 0.805. The molecule has 0 unspecified atom stereocenters. The Hall–Kier alpha value is -1.96. The van der Waals surface area contributed by atoms with Crippen molar-refractivity contribution in [1.82, 2.24) is 4.72 Å². The van der Waals surface area contributed by atoms with Crippen molar-refractivity contribution in [2.45, 2.75) is 4.90 Å². The highest BCUT2D eigenvalue weighted by atomic mass is 35.5. The summed E-state index contributed by atoms with van der Waals surface area (Å²) >= 11 is 5.77. The van der Waals surface area contributed by atoms with Crippen LogP contribution < -0.4 is 18.9 Å². The molecule has 6 nitrogen and oxygen atoms in total. The lowest BCUT2D eigenvalue weighted by atomic mass is 10.3. The van der Waals surface area contributed by atoms with Crippen molar-refractivity contribution in [3.8, 4) is 17.2 Å². The summed E-state index contributed by atoms with van der Waals surface area (Å²) in [6, 6.07) is 11.3. The lowest BCUT2D eigenvalue weighted by molar-refractivity contribution is 0.174. The Morgan fingerprint density at radius 3 is 2.61 bits per heavy atom. The van der Waals surface area contributed by atoms with Gasteiger partial charge in [-0.15, -0.1) is 0 Å². The highest BCUT2D eigenvalue weighted by molar-refractivity contribution is 7.89. The van der Waals surface area contributed by atoms with Crippen molar-refractivity contribution in [1.29, 1.82) is 0 Å². The van der Waals surface area contributed by atoms with Gasteiger partial charge in [0.05, 0.1) is 4.90 Å². The number of sulfonamides is 1. The standard InChI is InChI=1S/C15H14ClNO5S/c16-11-1-3-12(4-2-11)20-8-7-17-23(18,19)13-5-6-14-15(9-13)22-10-21-14/h1-6,9,17H,7-8,10H2. The summed E-state index contributed by atoms with van der Waals surface area (Å²) in [6.45, 7) is 0.437. The predicted molar refractivity (Wildman–Crippen MR) is 84.7 cm³/mol. The van der Waals surface area contributed by atoms with E-state index in [1.165, 1.54) is 12.1 Å². The molecule has 2 aromatic carbocycles. The molecule has 0 aromatic heterocycles. The summed E-state index contributed by atoms with van der Waals surface area (Å²) in [4.78, 5) is 0.119. The number of fused-ring (bicyclic) bond motifs is 1. The minimum absolute atomic E-state index is 0.0984. The van der Waals surface area contributed by atoms with Gasteiger partial charge in [0.15, 0.2) is 11.5 Å². The lowest BCUT2D eigenvalue weighted by Gasteiger charge is -2.09. The Morgan fingerprint density at radius 1 is 1.09 bits per heavy atom. The first-order valence-corrected chi connectivity index (χ1v) is 8.68. The molecule has 0 radical (unpaired) electrons. The molecule has 122 valence electrons. The van der Waals surface area contributed by atoms with Gasteiger partial charge in [0.2, 0.25) is 16.8 Å². The van der Waals surface area contributed by atoms with Crippen LogP contribution >= 0.6 is 11.6 Å². The number of halogens is 1. The van der Waals surface area contributed by atoms with E-state index in [0.717, 1.165) is 0 Å². The zero-order valence-corrected chi connectivity index (χ0v) is 13.6. The molecule has 1 N–H and O–H groups in total. The molecule has 0 atom stereocenters. The minimum atomic E-state index is -3.63. The van der Waals surface area contributed by atoms with Crippen LogP contribution in [0.15, 0.2) is 47.4 Å². The summed E-state index contributed by atoms with van der Waals surface area (Å²) < 4.78 is 42.7. The fourth-order valence-electron chi connectivity index (χ4n) is 2.00. The van der Waals surface area contributed by atoms with Gasteiger partial charge >= 0.3 is 0 Å². The van der Waals surface area contributed by atoms with Gasteiger partial charge in [0, 0.05) is 17.6 Å². The molecule has 3 rings (SSSR count). The van der Waals surface area contributed by atoms with Gasteiger partial charge in [0.25, 0.3) is 0 Å². The first-order valence-electron chi connectivity index (χ1n) is 6.82. The second kappa shape index (κ2) is 6.66. The molecule has 1 aliphatic rings.